The maximum atomic E-state index is 12.3. The summed E-state index contributed by atoms with van der Waals surface area (Å²) >= 11 is 1.36. The van der Waals surface area contributed by atoms with Crippen LogP contribution >= 0.6 is 11.8 Å². The van der Waals surface area contributed by atoms with Crippen molar-refractivity contribution in [2.75, 3.05) is 17.7 Å². The minimum absolute atomic E-state index is 0.134. The molecule has 144 valence electrons. The van der Waals surface area contributed by atoms with E-state index >= 15 is 0 Å². The van der Waals surface area contributed by atoms with Gasteiger partial charge in [-0.2, -0.15) is 0 Å². The molecule has 1 amide bonds. The molecule has 5 nitrogen and oxygen atoms in total. The number of carbonyl (C=O) groups excluding carboxylic acids is 2. The van der Waals surface area contributed by atoms with E-state index < -0.39 is 12.1 Å². The van der Waals surface area contributed by atoms with Crippen LogP contribution in [0.5, 0.6) is 5.75 Å². The van der Waals surface area contributed by atoms with Crippen molar-refractivity contribution < 1.29 is 19.1 Å². The molecule has 0 saturated heterocycles. The number of rotatable bonds is 8. The normalized spacial score (nSPS) is 11.6. The van der Waals surface area contributed by atoms with Gasteiger partial charge in [-0.15, -0.1) is 11.8 Å². The second kappa shape index (κ2) is 10.0. The van der Waals surface area contributed by atoms with Gasteiger partial charge >= 0.3 is 5.97 Å². The molecule has 2 rings (SSSR count). The first-order valence-corrected chi connectivity index (χ1v) is 9.81. The number of benzene rings is 2. The lowest BCUT2D eigenvalue weighted by Gasteiger charge is -2.16. The summed E-state index contributed by atoms with van der Waals surface area (Å²) in [7, 11) is 0. The Hall–Kier alpha value is -2.47. The zero-order valence-electron chi connectivity index (χ0n) is 16.1. The number of hydrogen-bond acceptors (Lipinski definition) is 5. The van der Waals surface area contributed by atoms with Gasteiger partial charge in [0.2, 0.25) is 0 Å². The topological polar surface area (TPSA) is 64.6 Å². The first-order chi connectivity index (χ1) is 12.9. The van der Waals surface area contributed by atoms with Crippen molar-refractivity contribution in [3.8, 4) is 5.75 Å². The highest BCUT2D eigenvalue weighted by molar-refractivity contribution is 8.00. The Morgan fingerprint density at radius 2 is 1.70 bits per heavy atom. The lowest BCUT2D eigenvalue weighted by Crippen LogP contribution is -2.31. The van der Waals surface area contributed by atoms with E-state index in [1.54, 1.807) is 6.92 Å². The van der Waals surface area contributed by atoms with Crippen molar-refractivity contribution in [3.05, 3.63) is 53.6 Å². The fraction of sp³-hybridized carbons (Fsp3) is 0.333. The number of para-hydroxylation sites is 1. The maximum absolute atomic E-state index is 12.3. The third-order valence-corrected chi connectivity index (χ3v) is 4.88. The molecule has 0 radical (unpaired) electrons. The van der Waals surface area contributed by atoms with Gasteiger partial charge in [0.05, 0.1) is 12.4 Å². The van der Waals surface area contributed by atoms with Crippen LogP contribution in [0.25, 0.3) is 0 Å². The van der Waals surface area contributed by atoms with Crippen LogP contribution in [-0.4, -0.2) is 30.3 Å². The van der Waals surface area contributed by atoms with Crippen LogP contribution in [-0.2, 0) is 14.3 Å². The Labute approximate surface area is 164 Å². The molecule has 1 atom stereocenters. The lowest BCUT2D eigenvalue weighted by molar-refractivity contribution is -0.150. The Balaban J connectivity index is 1.83. The molecule has 0 aromatic heterocycles. The van der Waals surface area contributed by atoms with E-state index in [4.69, 9.17) is 9.47 Å². The summed E-state index contributed by atoms with van der Waals surface area (Å²) in [5.41, 5.74) is 2.69. The molecular weight excluding hydrogens is 362 g/mol. The molecule has 0 aliphatic rings. The van der Waals surface area contributed by atoms with Gasteiger partial charge in [-0.3, -0.25) is 9.59 Å². The highest BCUT2D eigenvalue weighted by atomic mass is 32.2. The highest BCUT2D eigenvalue weighted by Gasteiger charge is 2.19. The zero-order valence-corrected chi connectivity index (χ0v) is 16.9. The van der Waals surface area contributed by atoms with Crippen molar-refractivity contribution in [1.82, 2.24) is 0 Å². The van der Waals surface area contributed by atoms with Crippen LogP contribution in [0.1, 0.15) is 25.0 Å². The molecule has 0 bridgehead atoms. The summed E-state index contributed by atoms with van der Waals surface area (Å²) in [6.45, 7) is 7.96. The number of anilines is 1. The monoisotopic (exact) mass is 387 g/mol. The molecule has 0 spiro atoms. The van der Waals surface area contributed by atoms with E-state index in [-0.39, 0.29) is 11.7 Å². The fourth-order valence-corrected chi connectivity index (χ4v) is 3.14. The first kappa shape index (κ1) is 20.8. The maximum Gasteiger partial charge on any atom is 0.317 e. The molecule has 6 heteroatoms. The lowest BCUT2D eigenvalue weighted by atomic mass is 10.1. The second-order valence-electron chi connectivity index (χ2n) is 6.08. The quantitative estimate of drug-likeness (QED) is 0.538. The van der Waals surface area contributed by atoms with Crippen molar-refractivity contribution in [2.45, 2.75) is 38.7 Å². The number of amides is 1. The van der Waals surface area contributed by atoms with E-state index in [0.29, 0.717) is 6.61 Å². The predicted octanol–water partition coefficient (Wildman–Crippen LogP) is 4.36. The fourth-order valence-electron chi connectivity index (χ4n) is 2.46. The van der Waals surface area contributed by atoms with E-state index in [1.807, 2.05) is 63.2 Å². The summed E-state index contributed by atoms with van der Waals surface area (Å²) in [4.78, 5) is 25.3. The van der Waals surface area contributed by atoms with Gasteiger partial charge in [0.25, 0.3) is 5.91 Å². The standard InChI is InChI=1S/C21H25NO4S/c1-5-25-17-9-11-18(12-10-17)27-13-19(23)26-16(4)21(24)22-20-14(2)7-6-8-15(20)3/h6-12,16H,5,13H2,1-4H3,(H,22,24)/t16-/m1/s1. The zero-order chi connectivity index (χ0) is 19.8. The molecule has 0 fully saturated rings. The molecule has 27 heavy (non-hydrogen) atoms. The molecule has 1 N–H and O–H groups in total. The van der Waals surface area contributed by atoms with Crippen molar-refractivity contribution in [2.24, 2.45) is 0 Å². The molecule has 0 unspecified atom stereocenters. The number of esters is 1. The first-order valence-electron chi connectivity index (χ1n) is 8.83. The molecule has 0 aliphatic heterocycles. The van der Waals surface area contributed by atoms with Gasteiger partial charge in [0, 0.05) is 10.6 Å². The van der Waals surface area contributed by atoms with Crippen LogP contribution < -0.4 is 10.1 Å². The predicted molar refractivity (Wildman–Crippen MR) is 108 cm³/mol. The third-order valence-electron chi connectivity index (χ3n) is 3.90. The summed E-state index contributed by atoms with van der Waals surface area (Å²) in [5, 5.41) is 2.84. The average Bonchev–Trinajstić information content (AvgIpc) is 2.64. The Morgan fingerprint density at radius 3 is 2.30 bits per heavy atom. The van der Waals surface area contributed by atoms with E-state index in [2.05, 4.69) is 5.32 Å². The smallest absolute Gasteiger partial charge is 0.317 e. The van der Waals surface area contributed by atoms with Gasteiger partial charge in [-0.1, -0.05) is 18.2 Å². The van der Waals surface area contributed by atoms with Crippen LogP contribution in [0.2, 0.25) is 0 Å². The summed E-state index contributed by atoms with van der Waals surface area (Å²) in [6.07, 6.45) is -0.863. The minimum atomic E-state index is -0.863. The summed E-state index contributed by atoms with van der Waals surface area (Å²) < 4.78 is 10.6. The van der Waals surface area contributed by atoms with Gasteiger partial charge < -0.3 is 14.8 Å². The number of nitrogens with one attached hydrogen (secondary N) is 1. The number of aryl methyl sites for hydroxylation is 2. The average molecular weight is 388 g/mol. The second-order valence-corrected chi connectivity index (χ2v) is 7.13. The largest absolute Gasteiger partial charge is 0.494 e. The molecule has 0 heterocycles. The Morgan fingerprint density at radius 1 is 1.07 bits per heavy atom. The molecule has 0 aliphatic carbocycles. The third kappa shape index (κ3) is 6.32. The Kier molecular flexibility index (Phi) is 7.73. The number of carbonyl (C=O) groups is 2. The number of thioether (sulfide) groups is 1. The van der Waals surface area contributed by atoms with E-state index in [9.17, 15) is 9.59 Å². The van der Waals surface area contributed by atoms with Crippen molar-refractivity contribution in [1.29, 1.82) is 0 Å². The van der Waals surface area contributed by atoms with Crippen molar-refractivity contribution in [3.63, 3.8) is 0 Å². The van der Waals surface area contributed by atoms with Gasteiger partial charge in [0.15, 0.2) is 6.10 Å². The molecule has 0 saturated carbocycles. The Bertz CT molecular complexity index is 769. The molecule has 2 aromatic carbocycles. The SMILES string of the molecule is CCOc1ccc(SCC(=O)O[C@H](C)C(=O)Nc2c(C)cccc2C)cc1. The number of ether oxygens (including phenoxy) is 2. The van der Waals surface area contributed by atoms with Crippen molar-refractivity contribution >= 4 is 29.3 Å². The molecular formula is C21H25NO4S. The van der Waals surface area contributed by atoms with E-state index in [1.165, 1.54) is 11.8 Å². The van der Waals surface area contributed by atoms with Crippen LogP contribution in [0.4, 0.5) is 5.69 Å². The van der Waals surface area contributed by atoms with Crippen LogP contribution in [0.3, 0.4) is 0 Å². The molecule has 2 aromatic rings. The van der Waals surface area contributed by atoms with E-state index in [0.717, 1.165) is 27.5 Å². The number of hydrogen-bond donors (Lipinski definition) is 1. The van der Waals surface area contributed by atoms with Gasteiger partial charge in [-0.25, -0.2) is 0 Å². The summed E-state index contributed by atoms with van der Waals surface area (Å²) in [5.74, 6) is 0.153. The van der Waals surface area contributed by atoms with Crippen LogP contribution in [0.15, 0.2) is 47.4 Å². The summed E-state index contributed by atoms with van der Waals surface area (Å²) in [6, 6.07) is 13.3. The van der Waals surface area contributed by atoms with Gasteiger partial charge in [0.1, 0.15) is 5.75 Å². The highest BCUT2D eigenvalue weighted by Crippen LogP contribution is 2.22. The van der Waals surface area contributed by atoms with Crippen LogP contribution in [0, 0.1) is 13.8 Å². The minimum Gasteiger partial charge on any atom is -0.494 e. The van der Waals surface area contributed by atoms with Gasteiger partial charge in [-0.05, 0) is 63.1 Å².